The number of rotatable bonds is 5. The largest absolute Gasteiger partial charge is 0.372 e. The van der Waals surface area contributed by atoms with Crippen molar-refractivity contribution >= 4 is 0 Å². The highest BCUT2D eigenvalue weighted by molar-refractivity contribution is 5.16. The monoisotopic (exact) mass is 328 g/mol. The molecule has 0 spiro atoms. The van der Waals surface area contributed by atoms with Gasteiger partial charge in [0.05, 0.1) is 24.1 Å². The molecule has 0 aromatic carbocycles. The highest BCUT2D eigenvalue weighted by Crippen LogP contribution is 2.22. The number of H-pyrrole nitrogens is 1. The van der Waals surface area contributed by atoms with Crippen LogP contribution in [0.15, 0.2) is 30.5 Å². The van der Waals surface area contributed by atoms with E-state index in [2.05, 4.69) is 46.9 Å². The second-order valence-corrected chi connectivity index (χ2v) is 7.64. The van der Waals surface area contributed by atoms with Gasteiger partial charge in [0.15, 0.2) is 0 Å². The number of nitrogens with one attached hydrogen (secondary N) is 1. The zero-order valence-corrected chi connectivity index (χ0v) is 15.0. The standard InChI is InChI=1S/C19H28N4O/c1-19(2,3)18-12-16(21-22-18)13-23-10-7-17(8-11-23)24-14-15-6-4-5-9-20-15/h4-6,9,12,17H,7-8,10-11,13-14H2,1-3H3,(H,21,22). The fourth-order valence-corrected chi connectivity index (χ4v) is 2.99. The van der Waals surface area contributed by atoms with Gasteiger partial charge in [-0.1, -0.05) is 26.8 Å². The lowest BCUT2D eigenvalue weighted by Crippen LogP contribution is -2.36. The normalized spacial score (nSPS) is 17.3. The summed E-state index contributed by atoms with van der Waals surface area (Å²) in [5.41, 5.74) is 3.44. The summed E-state index contributed by atoms with van der Waals surface area (Å²) in [6.45, 7) is 10.3. The van der Waals surface area contributed by atoms with Crippen molar-refractivity contribution in [2.45, 2.75) is 58.3 Å². The number of hydrogen-bond donors (Lipinski definition) is 1. The molecule has 24 heavy (non-hydrogen) atoms. The maximum absolute atomic E-state index is 6.01. The van der Waals surface area contributed by atoms with Crippen LogP contribution in [0.5, 0.6) is 0 Å². The molecule has 1 N–H and O–H groups in total. The molecule has 5 heteroatoms. The Labute approximate surface area is 144 Å². The van der Waals surface area contributed by atoms with Crippen molar-refractivity contribution in [1.82, 2.24) is 20.1 Å². The number of pyridine rings is 1. The molecule has 0 saturated carbocycles. The molecule has 2 aromatic rings. The molecule has 0 radical (unpaired) electrons. The molecular formula is C19H28N4O. The van der Waals surface area contributed by atoms with Gasteiger partial charge in [-0.25, -0.2) is 0 Å². The lowest BCUT2D eigenvalue weighted by atomic mass is 9.92. The van der Waals surface area contributed by atoms with Gasteiger partial charge in [-0.05, 0) is 31.0 Å². The zero-order valence-electron chi connectivity index (χ0n) is 15.0. The fraction of sp³-hybridized carbons (Fsp3) is 0.579. The third-order valence-corrected chi connectivity index (χ3v) is 4.52. The molecule has 1 fully saturated rings. The van der Waals surface area contributed by atoms with Crippen molar-refractivity contribution in [1.29, 1.82) is 0 Å². The number of piperidine rings is 1. The second-order valence-electron chi connectivity index (χ2n) is 7.64. The van der Waals surface area contributed by atoms with Crippen LogP contribution in [0.2, 0.25) is 0 Å². The summed E-state index contributed by atoms with van der Waals surface area (Å²) in [6.07, 6.45) is 4.31. The highest BCUT2D eigenvalue weighted by atomic mass is 16.5. The van der Waals surface area contributed by atoms with Crippen molar-refractivity contribution in [3.05, 3.63) is 47.5 Å². The molecule has 2 aromatic heterocycles. The molecule has 1 aliphatic rings. The maximum atomic E-state index is 6.01. The lowest BCUT2D eigenvalue weighted by molar-refractivity contribution is -0.00542. The molecule has 0 unspecified atom stereocenters. The van der Waals surface area contributed by atoms with E-state index in [9.17, 15) is 0 Å². The fourth-order valence-electron chi connectivity index (χ4n) is 2.99. The summed E-state index contributed by atoms with van der Waals surface area (Å²) in [5.74, 6) is 0. The van der Waals surface area contributed by atoms with Gasteiger partial charge in [-0.2, -0.15) is 5.10 Å². The van der Waals surface area contributed by atoms with Crippen LogP contribution in [-0.2, 0) is 23.3 Å². The molecule has 3 rings (SSSR count). The smallest absolute Gasteiger partial charge is 0.0891 e. The van der Waals surface area contributed by atoms with E-state index in [0.29, 0.717) is 12.7 Å². The number of aromatic amines is 1. The van der Waals surface area contributed by atoms with E-state index in [1.807, 2.05) is 24.4 Å². The number of aromatic nitrogens is 3. The van der Waals surface area contributed by atoms with Crippen LogP contribution in [0.4, 0.5) is 0 Å². The molecule has 0 amide bonds. The van der Waals surface area contributed by atoms with Crippen molar-refractivity contribution < 1.29 is 4.74 Å². The number of ether oxygens (including phenoxy) is 1. The topological polar surface area (TPSA) is 54.0 Å². The van der Waals surface area contributed by atoms with Crippen LogP contribution < -0.4 is 0 Å². The van der Waals surface area contributed by atoms with E-state index in [1.165, 1.54) is 5.69 Å². The average Bonchev–Trinajstić information content (AvgIpc) is 3.04. The third kappa shape index (κ3) is 4.65. The molecule has 0 atom stereocenters. The minimum absolute atomic E-state index is 0.0983. The summed E-state index contributed by atoms with van der Waals surface area (Å²) in [7, 11) is 0. The first-order valence-electron chi connectivity index (χ1n) is 8.79. The third-order valence-electron chi connectivity index (χ3n) is 4.52. The Morgan fingerprint density at radius 2 is 2.04 bits per heavy atom. The summed E-state index contributed by atoms with van der Waals surface area (Å²) < 4.78 is 6.01. The van der Waals surface area contributed by atoms with Gasteiger partial charge in [-0.15, -0.1) is 0 Å². The molecular weight excluding hydrogens is 300 g/mol. The first-order valence-corrected chi connectivity index (χ1v) is 8.79. The molecule has 0 bridgehead atoms. The minimum atomic E-state index is 0.0983. The summed E-state index contributed by atoms with van der Waals surface area (Å²) in [6, 6.07) is 8.15. The predicted molar refractivity (Wildman–Crippen MR) is 94.6 cm³/mol. The van der Waals surface area contributed by atoms with Crippen LogP contribution in [0.1, 0.15) is 50.7 Å². The van der Waals surface area contributed by atoms with Gasteiger partial charge in [-0.3, -0.25) is 15.0 Å². The average molecular weight is 328 g/mol. The van der Waals surface area contributed by atoms with Gasteiger partial charge < -0.3 is 4.74 Å². The Morgan fingerprint density at radius 3 is 2.67 bits per heavy atom. The van der Waals surface area contributed by atoms with E-state index in [0.717, 1.165) is 43.9 Å². The van der Waals surface area contributed by atoms with Crippen molar-refractivity contribution in [2.75, 3.05) is 13.1 Å². The Balaban J connectivity index is 1.43. The van der Waals surface area contributed by atoms with Crippen LogP contribution >= 0.6 is 0 Å². The van der Waals surface area contributed by atoms with Crippen LogP contribution in [-0.4, -0.2) is 39.3 Å². The molecule has 1 saturated heterocycles. The van der Waals surface area contributed by atoms with Gasteiger partial charge in [0.1, 0.15) is 0 Å². The first kappa shape index (κ1) is 17.1. The molecule has 5 nitrogen and oxygen atoms in total. The van der Waals surface area contributed by atoms with Crippen LogP contribution in [0.25, 0.3) is 0 Å². The van der Waals surface area contributed by atoms with Crippen molar-refractivity contribution in [3.63, 3.8) is 0 Å². The Morgan fingerprint density at radius 1 is 1.25 bits per heavy atom. The van der Waals surface area contributed by atoms with E-state index >= 15 is 0 Å². The quantitative estimate of drug-likeness (QED) is 0.915. The van der Waals surface area contributed by atoms with Crippen molar-refractivity contribution in [2.24, 2.45) is 0 Å². The highest BCUT2D eigenvalue weighted by Gasteiger charge is 2.22. The number of hydrogen-bond acceptors (Lipinski definition) is 4. The summed E-state index contributed by atoms with van der Waals surface area (Å²) in [4.78, 5) is 6.78. The van der Waals surface area contributed by atoms with E-state index in [4.69, 9.17) is 4.74 Å². The number of likely N-dealkylation sites (tertiary alicyclic amines) is 1. The second kappa shape index (κ2) is 7.45. The minimum Gasteiger partial charge on any atom is -0.372 e. The number of nitrogens with zero attached hydrogens (tertiary/aromatic N) is 3. The van der Waals surface area contributed by atoms with Gasteiger partial charge in [0, 0.05) is 36.9 Å². The lowest BCUT2D eigenvalue weighted by Gasteiger charge is -2.31. The molecule has 130 valence electrons. The van der Waals surface area contributed by atoms with Crippen LogP contribution in [0, 0.1) is 0 Å². The summed E-state index contributed by atoms with van der Waals surface area (Å²) in [5, 5.41) is 7.63. The van der Waals surface area contributed by atoms with E-state index in [-0.39, 0.29) is 5.41 Å². The summed E-state index contributed by atoms with van der Waals surface area (Å²) >= 11 is 0. The van der Waals surface area contributed by atoms with E-state index in [1.54, 1.807) is 0 Å². The van der Waals surface area contributed by atoms with E-state index < -0.39 is 0 Å². The Kier molecular flexibility index (Phi) is 5.31. The maximum Gasteiger partial charge on any atom is 0.0891 e. The van der Waals surface area contributed by atoms with Gasteiger partial charge >= 0.3 is 0 Å². The van der Waals surface area contributed by atoms with Gasteiger partial charge in [0.25, 0.3) is 0 Å². The molecule has 0 aliphatic carbocycles. The van der Waals surface area contributed by atoms with Gasteiger partial charge in [0.2, 0.25) is 0 Å². The molecule has 1 aliphatic heterocycles. The molecule has 3 heterocycles. The SMILES string of the molecule is CC(C)(C)c1cc(CN2CCC(OCc3ccccn3)CC2)[nH]n1. The predicted octanol–water partition coefficient (Wildman–Crippen LogP) is 3.28. The Hall–Kier alpha value is -1.72. The van der Waals surface area contributed by atoms with Crippen LogP contribution in [0.3, 0.4) is 0 Å². The Bertz CT molecular complexity index is 624. The zero-order chi connectivity index (χ0) is 17.0. The first-order chi connectivity index (χ1) is 11.5. The van der Waals surface area contributed by atoms with Crippen molar-refractivity contribution in [3.8, 4) is 0 Å².